The van der Waals surface area contributed by atoms with E-state index in [4.69, 9.17) is 24.7 Å². The quantitative estimate of drug-likeness (QED) is 0.587. The van der Waals surface area contributed by atoms with E-state index in [9.17, 15) is 4.79 Å². The van der Waals surface area contributed by atoms with Gasteiger partial charge in [-0.15, -0.1) is 0 Å². The third-order valence-corrected chi connectivity index (χ3v) is 4.84. The maximum absolute atomic E-state index is 12.1. The zero-order chi connectivity index (χ0) is 21.0. The van der Waals surface area contributed by atoms with E-state index in [0.717, 1.165) is 22.2 Å². The van der Waals surface area contributed by atoms with Gasteiger partial charge >= 0.3 is 5.97 Å². The zero-order valence-electron chi connectivity index (χ0n) is 17.1. The Bertz CT molecular complexity index is 995. The normalized spacial score (nSPS) is 11.9. The first kappa shape index (κ1) is 20.5. The summed E-state index contributed by atoms with van der Waals surface area (Å²) in [6, 6.07) is 13.0. The van der Waals surface area contributed by atoms with Gasteiger partial charge in [0, 0.05) is 18.5 Å². The summed E-state index contributed by atoms with van der Waals surface area (Å²) in [5.74, 6) is 1.67. The molecule has 29 heavy (non-hydrogen) atoms. The molecule has 7 heteroatoms. The second kappa shape index (κ2) is 8.87. The van der Waals surface area contributed by atoms with Crippen molar-refractivity contribution in [3.8, 4) is 17.2 Å². The first-order chi connectivity index (χ1) is 14.0. The molecule has 2 N–H and O–H groups in total. The number of hydrogen-bond acceptors (Lipinski definition) is 6. The molecule has 2 aromatic carbocycles. The van der Waals surface area contributed by atoms with Crippen LogP contribution >= 0.6 is 0 Å². The number of carbonyl (C=O) groups is 1. The van der Waals surface area contributed by atoms with Crippen molar-refractivity contribution in [3.63, 3.8) is 0 Å². The number of nitrogens with zero attached hydrogens (tertiary/aromatic N) is 1. The number of benzene rings is 2. The van der Waals surface area contributed by atoms with Gasteiger partial charge < -0.3 is 29.2 Å². The summed E-state index contributed by atoms with van der Waals surface area (Å²) < 4.78 is 23.2. The third kappa shape index (κ3) is 4.30. The van der Waals surface area contributed by atoms with Crippen molar-refractivity contribution in [2.24, 2.45) is 12.8 Å². The van der Waals surface area contributed by atoms with Crippen LogP contribution in [-0.4, -0.2) is 44.5 Å². The molecule has 0 saturated heterocycles. The summed E-state index contributed by atoms with van der Waals surface area (Å²) in [7, 11) is 6.37. The van der Waals surface area contributed by atoms with Crippen LogP contribution in [0.1, 0.15) is 16.1 Å². The van der Waals surface area contributed by atoms with Crippen LogP contribution in [0, 0.1) is 0 Å². The first-order valence-electron chi connectivity index (χ1n) is 9.24. The average Bonchev–Trinajstić information content (AvgIpc) is 3.09. The lowest BCUT2D eigenvalue weighted by Crippen LogP contribution is -2.30. The molecule has 7 nitrogen and oxygen atoms in total. The van der Waals surface area contributed by atoms with Gasteiger partial charge in [-0.05, 0) is 42.3 Å². The summed E-state index contributed by atoms with van der Waals surface area (Å²) in [6.45, 7) is 0.329. The molecular weight excluding hydrogens is 372 g/mol. The predicted octanol–water partition coefficient (Wildman–Crippen LogP) is 2.93. The molecule has 3 rings (SSSR count). The van der Waals surface area contributed by atoms with E-state index in [1.54, 1.807) is 31.9 Å². The van der Waals surface area contributed by atoms with Crippen LogP contribution in [-0.2, 0) is 18.2 Å². The summed E-state index contributed by atoms with van der Waals surface area (Å²) in [5.41, 5.74) is 8.55. The number of carbonyl (C=O) groups excluding carboxylic acids is 1. The third-order valence-electron chi connectivity index (χ3n) is 4.84. The van der Waals surface area contributed by atoms with Crippen molar-refractivity contribution < 1.29 is 23.7 Å². The van der Waals surface area contributed by atoms with Crippen LogP contribution in [0.4, 0.5) is 0 Å². The van der Waals surface area contributed by atoms with E-state index in [0.29, 0.717) is 30.2 Å². The number of aromatic nitrogens is 1. The van der Waals surface area contributed by atoms with E-state index in [-0.39, 0.29) is 6.04 Å². The van der Waals surface area contributed by atoms with Crippen molar-refractivity contribution in [2.75, 3.05) is 27.9 Å². The molecule has 1 atom stereocenters. The topological polar surface area (TPSA) is 84.9 Å². The number of methoxy groups -OCH3 is 3. The van der Waals surface area contributed by atoms with Crippen molar-refractivity contribution in [2.45, 2.75) is 12.5 Å². The number of esters is 1. The van der Waals surface area contributed by atoms with Crippen molar-refractivity contribution >= 4 is 16.9 Å². The fourth-order valence-corrected chi connectivity index (χ4v) is 3.32. The molecule has 0 amide bonds. The van der Waals surface area contributed by atoms with Crippen LogP contribution in [0.5, 0.6) is 17.2 Å². The fraction of sp³-hybridized carbons (Fsp3) is 0.318. The lowest BCUT2D eigenvalue weighted by Gasteiger charge is -2.15. The van der Waals surface area contributed by atoms with Gasteiger partial charge in [0.05, 0.1) is 26.8 Å². The molecule has 1 heterocycles. The highest BCUT2D eigenvalue weighted by Gasteiger charge is 2.20. The standard InChI is InChI=1S/C22H26N2O5/c1-24-18(22(25)28-4)12-17-19(9-10-20(27-3)21(17)24)29-13-15(23)11-14-5-7-16(26-2)8-6-14/h5-10,12,15H,11,13,23H2,1-4H3/t15-/m1/s1. The maximum Gasteiger partial charge on any atom is 0.354 e. The zero-order valence-corrected chi connectivity index (χ0v) is 17.1. The van der Waals surface area contributed by atoms with Crippen LogP contribution in [0.25, 0.3) is 10.9 Å². The van der Waals surface area contributed by atoms with Crippen LogP contribution in [0.3, 0.4) is 0 Å². The molecule has 3 aromatic rings. The highest BCUT2D eigenvalue weighted by Crippen LogP contribution is 2.35. The van der Waals surface area contributed by atoms with Gasteiger partial charge in [0.15, 0.2) is 0 Å². The highest BCUT2D eigenvalue weighted by atomic mass is 16.5. The lowest BCUT2D eigenvalue weighted by atomic mass is 10.1. The molecular formula is C22H26N2O5. The Balaban J connectivity index is 1.79. The van der Waals surface area contributed by atoms with Gasteiger partial charge in [0.1, 0.15) is 29.5 Å². The first-order valence-corrected chi connectivity index (χ1v) is 9.24. The molecule has 0 saturated carbocycles. The minimum atomic E-state index is -0.423. The molecule has 154 valence electrons. The molecule has 0 aliphatic carbocycles. The van der Waals surface area contributed by atoms with E-state index in [1.807, 2.05) is 36.4 Å². The SMILES string of the molecule is COC(=O)c1cc2c(OC[C@H](N)Cc3ccc(OC)cc3)ccc(OC)c2n1C. The van der Waals surface area contributed by atoms with Crippen molar-refractivity contribution in [1.82, 2.24) is 4.57 Å². The van der Waals surface area contributed by atoms with Crippen molar-refractivity contribution in [1.29, 1.82) is 0 Å². The fourth-order valence-electron chi connectivity index (χ4n) is 3.32. The highest BCUT2D eigenvalue weighted by molar-refractivity contribution is 6.00. The summed E-state index contributed by atoms with van der Waals surface area (Å²) in [6.07, 6.45) is 0.672. The number of fused-ring (bicyclic) bond motifs is 1. The molecule has 0 spiro atoms. The van der Waals surface area contributed by atoms with Gasteiger partial charge in [0.2, 0.25) is 0 Å². The average molecular weight is 398 g/mol. The van der Waals surface area contributed by atoms with Crippen molar-refractivity contribution in [3.05, 3.63) is 53.7 Å². The number of ether oxygens (including phenoxy) is 4. The van der Waals surface area contributed by atoms with Gasteiger partial charge in [-0.1, -0.05) is 12.1 Å². The predicted molar refractivity (Wildman–Crippen MR) is 111 cm³/mol. The molecule has 0 radical (unpaired) electrons. The second-order valence-corrected chi connectivity index (χ2v) is 6.73. The maximum atomic E-state index is 12.1. The van der Waals surface area contributed by atoms with Gasteiger partial charge in [0.25, 0.3) is 0 Å². The lowest BCUT2D eigenvalue weighted by molar-refractivity contribution is 0.0590. The molecule has 1 aromatic heterocycles. The Morgan fingerprint density at radius 2 is 1.72 bits per heavy atom. The molecule has 0 aliphatic rings. The summed E-state index contributed by atoms with van der Waals surface area (Å²) in [4.78, 5) is 12.1. The Morgan fingerprint density at radius 1 is 1.03 bits per heavy atom. The van der Waals surface area contributed by atoms with Gasteiger partial charge in [-0.25, -0.2) is 4.79 Å². The number of rotatable bonds is 8. The molecule has 0 fully saturated rings. The Labute approximate surface area is 169 Å². The summed E-state index contributed by atoms with van der Waals surface area (Å²) >= 11 is 0. The number of aryl methyl sites for hydroxylation is 1. The Morgan fingerprint density at radius 3 is 2.34 bits per heavy atom. The molecule has 0 unspecified atom stereocenters. The largest absolute Gasteiger partial charge is 0.497 e. The Kier molecular flexibility index (Phi) is 6.29. The smallest absolute Gasteiger partial charge is 0.354 e. The number of nitrogens with two attached hydrogens (primary N) is 1. The minimum Gasteiger partial charge on any atom is -0.497 e. The van der Waals surface area contributed by atoms with Gasteiger partial charge in [-0.2, -0.15) is 0 Å². The molecule has 0 aliphatic heterocycles. The number of hydrogen-bond donors (Lipinski definition) is 1. The van der Waals surface area contributed by atoms with Crippen LogP contribution in [0.15, 0.2) is 42.5 Å². The van der Waals surface area contributed by atoms with E-state index >= 15 is 0 Å². The minimum absolute atomic E-state index is 0.190. The van der Waals surface area contributed by atoms with Gasteiger partial charge in [-0.3, -0.25) is 0 Å². The van der Waals surface area contributed by atoms with E-state index in [2.05, 4.69) is 0 Å². The second-order valence-electron chi connectivity index (χ2n) is 6.73. The van der Waals surface area contributed by atoms with Crippen LogP contribution in [0.2, 0.25) is 0 Å². The van der Waals surface area contributed by atoms with Crippen LogP contribution < -0.4 is 19.9 Å². The molecule has 0 bridgehead atoms. The Hall–Kier alpha value is -3.19. The van der Waals surface area contributed by atoms with E-state index < -0.39 is 5.97 Å². The monoisotopic (exact) mass is 398 g/mol. The summed E-state index contributed by atoms with van der Waals surface area (Å²) in [5, 5.41) is 0.767. The van der Waals surface area contributed by atoms with E-state index in [1.165, 1.54) is 7.11 Å².